The van der Waals surface area contributed by atoms with Crippen LogP contribution in [0.5, 0.6) is 0 Å². The van der Waals surface area contributed by atoms with Crippen molar-refractivity contribution < 1.29 is 80.2 Å². The van der Waals surface area contributed by atoms with Crippen LogP contribution in [-0.4, -0.2) is 96.7 Å². The molecule has 17 nitrogen and oxygen atoms in total. The predicted molar refractivity (Wildman–Crippen MR) is 427 cm³/mol. The lowest BCUT2D eigenvalue weighted by Crippen LogP contribution is -2.30. The van der Waals surface area contributed by atoms with Crippen molar-refractivity contribution in [2.24, 2.45) is 0 Å². The number of carbonyl (C=O) groups is 4. The van der Waals surface area contributed by atoms with Gasteiger partial charge in [0.15, 0.2) is 12.2 Å². The highest BCUT2D eigenvalue weighted by Gasteiger charge is 2.30. The molecule has 0 amide bonds. The van der Waals surface area contributed by atoms with Gasteiger partial charge in [-0.25, -0.2) is 9.13 Å². The zero-order valence-electron chi connectivity index (χ0n) is 66.2. The van der Waals surface area contributed by atoms with Gasteiger partial charge >= 0.3 is 39.5 Å². The topological polar surface area (TPSA) is 237 Å². The van der Waals surface area contributed by atoms with Gasteiger partial charge in [-0.3, -0.25) is 37.3 Å². The number of unbranched alkanes of at least 4 members (excludes halogenated alkanes) is 39. The Morgan fingerprint density at radius 1 is 0.279 bits per heavy atom. The van der Waals surface area contributed by atoms with Crippen LogP contribution in [0.25, 0.3) is 0 Å². The van der Waals surface area contributed by atoms with Gasteiger partial charge in [-0.15, -0.1) is 0 Å². The van der Waals surface area contributed by atoms with Gasteiger partial charge in [-0.2, -0.15) is 0 Å². The van der Waals surface area contributed by atoms with E-state index in [-0.39, 0.29) is 25.7 Å². The molecule has 0 bridgehead atoms. The van der Waals surface area contributed by atoms with Gasteiger partial charge in [0.05, 0.1) is 26.4 Å². The Hall–Kier alpha value is -3.76. The lowest BCUT2D eigenvalue weighted by Gasteiger charge is -2.21. The molecule has 0 rings (SSSR count). The van der Waals surface area contributed by atoms with Crippen molar-refractivity contribution in [3.8, 4) is 0 Å². The highest BCUT2D eigenvalue weighted by Crippen LogP contribution is 2.45. The molecule has 104 heavy (non-hydrogen) atoms. The molecular weight excluding hydrogens is 1350 g/mol. The quantitative estimate of drug-likeness (QED) is 0.0169. The number of esters is 4. The van der Waals surface area contributed by atoms with Crippen LogP contribution in [0.3, 0.4) is 0 Å². The average molecular weight is 1510 g/mol. The van der Waals surface area contributed by atoms with Crippen LogP contribution in [-0.2, 0) is 65.4 Å². The lowest BCUT2D eigenvalue weighted by molar-refractivity contribution is -0.161. The van der Waals surface area contributed by atoms with Crippen LogP contribution in [0.2, 0.25) is 0 Å². The molecule has 604 valence electrons. The van der Waals surface area contributed by atoms with E-state index in [1.165, 1.54) is 173 Å². The molecule has 5 atom stereocenters. The van der Waals surface area contributed by atoms with Gasteiger partial charge < -0.3 is 33.8 Å². The van der Waals surface area contributed by atoms with Gasteiger partial charge in [-0.05, 0) is 89.9 Å². The van der Waals surface area contributed by atoms with E-state index in [0.717, 1.165) is 116 Å². The van der Waals surface area contributed by atoms with Gasteiger partial charge in [0.25, 0.3) is 0 Å². The Morgan fingerprint density at radius 2 is 0.519 bits per heavy atom. The fraction of sp³-hybridized carbons (Fsp3) is 0.788. The largest absolute Gasteiger partial charge is 0.472 e. The van der Waals surface area contributed by atoms with Crippen molar-refractivity contribution in [2.75, 3.05) is 39.6 Å². The summed E-state index contributed by atoms with van der Waals surface area (Å²) in [6, 6.07) is 0. The maximum atomic E-state index is 13.1. The monoisotopic (exact) mass is 1510 g/mol. The van der Waals surface area contributed by atoms with Gasteiger partial charge in [0.1, 0.15) is 19.3 Å². The number of hydrogen-bond donors (Lipinski definition) is 3. The van der Waals surface area contributed by atoms with Gasteiger partial charge in [0.2, 0.25) is 0 Å². The number of hydrogen-bond acceptors (Lipinski definition) is 15. The first-order chi connectivity index (χ1) is 50.7. The summed E-state index contributed by atoms with van der Waals surface area (Å²) in [5.41, 5.74) is 0. The van der Waals surface area contributed by atoms with E-state index in [1.54, 1.807) is 0 Å². The van der Waals surface area contributed by atoms with Gasteiger partial charge in [0, 0.05) is 25.7 Å². The molecule has 0 aromatic rings. The number of carbonyl (C=O) groups excluding carboxylic acids is 4. The molecule has 0 spiro atoms. The highest BCUT2D eigenvalue weighted by molar-refractivity contribution is 7.47. The Balaban J connectivity index is 5.40. The summed E-state index contributed by atoms with van der Waals surface area (Å²) in [5.74, 6) is -2.24. The van der Waals surface area contributed by atoms with Crippen LogP contribution in [0.4, 0.5) is 0 Å². The number of aliphatic hydroxyl groups is 1. The summed E-state index contributed by atoms with van der Waals surface area (Å²) in [5, 5.41) is 10.7. The molecule has 0 saturated carbocycles. The van der Waals surface area contributed by atoms with E-state index in [2.05, 4.69) is 94.5 Å². The summed E-state index contributed by atoms with van der Waals surface area (Å²) in [7, 11) is -9.97. The molecule has 0 aromatic carbocycles. The van der Waals surface area contributed by atoms with Crippen molar-refractivity contribution >= 4 is 39.5 Å². The van der Waals surface area contributed by atoms with Gasteiger partial charge in [-0.1, -0.05) is 344 Å². The van der Waals surface area contributed by atoms with E-state index in [0.29, 0.717) is 32.1 Å². The molecule has 0 aromatic heterocycles. The number of phosphoric ester groups is 2. The zero-order valence-corrected chi connectivity index (χ0v) is 68.0. The third kappa shape index (κ3) is 76.4. The van der Waals surface area contributed by atoms with Crippen LogP contribution in [0, 0.1) is 0 Å². The molecule has 0 aliphatic rings. The molecular formula is C85H152O17P2. The Morgan fingerprint density at radius 3 is 0.837 bits per heavy atom. The molecule has 3 N–H and O–H groups in total. The van der Waals surface area contributed by atoms with Crippen molar-refractivity contribution in [1.29, 1.82) is 0 Å². The van der Waals surface area contributed by atoms with E-state index in [4.69, 9.17) is 37.0 Å². The maximum Gasteiger partial charge on any atom is 0.472 e. The highest BCUT2D eigenvalue weighted by atomic mass is 31.2. The minimum atomic E-state index is -4.99. The first-order valence-corrected chi connectivity index (χ1v) is 44.8. The summed E-state index contributed by atoms with van der Waals surface area (Å²) >= 11 is 0. The third-order valence-corrected chi connectivity index (χ3v) is 19.8. The predicted octanol–water partition coefficient (Wildman–Crippen LogP) is 24.6. The van der Waals surface area contributed by atoms with Crippen LogP contribution in [0.1, 0.15) is 374 Å². The molecule has 0 radical (unpaired) electrons. The first-order valence-electron chi connectivity index (χ1n) is 41.8. The lowest BCUT2D eigenvalue weighted by atomic mass is 10.0. The Labute approximate surface area is 634 Å². The summed E-state index contributed by atoms with van der Waals surface area (Å²) in [6.45, 7) is 4.74. The van der Waals surface area contributed by atoms with E-state index in [9.17, 15) is 43.2 Å². The van der Waals surface area contributed by atoms with Crippen LogP contribution < -0.4 is 0 Å². The number of ether oxygens (including phenoxy) is 4. The molecule has 0 fully saturated rings. The number of phosphoric acid groups is 2. The maximum absolute atomic E-state index is 13.1. The summed E-state index contributed by atoms with van der Waals surface area (Å²) < 4.78 is 68.7. The second-order valence-corrected chi connectivity index (χ2v) is 31.0. The number of allylic oxidation sites excluding steroid dienone is 14. The normalized spacial score (nSPS) is 14.3. The molecule has 19 heteroatoms. The first kappa shape index (κ1) is 100. The second kappa shape index (κ2) is 77.4. The summed E-state index contributed by atoms with van der Waals surface area (Å²) in [6.07, 6.45) is 81.3. The fourth-order valence-corrected chi connectivity index (χ4v) is 13.1. The van der Waals surface area contributed by atoms with E-state index in [1.807, 2.05) is 18.2 Å². The average Bonchev–Trinajstić information content (AvgIpc) is 0.943. The smallest absolute Gasteiger partial charge is 0.462 e. The SMILES string of the molecule is CC/C=C\C/C=C\C/C=C\C/C=C\C/C=C\C/C=C\CCC(=O)O[C@H](COC(=O)CCCCCCCCCCCCCCCCC)COP(=O)(O)OC[C@H](O)COP(=O)(O)OC[C@@H](COC(=O)CCCCCCCCC/C=C\CCCCCC)OC(=O)CCCCCCCCCCCCCCCCC. The molecule has 0 aliphatic heterocycles. The Bertz CT molecular complexity index is 2300. The third-order valence-electron chi connectivity index (χ3n) is 17.9. The van der Waals surface area contributed by atoms with Crippen LogP contribution in [0.15, 0.2) is 85.1 Å². The standard InChI is InChI=1S/C85H152O17P2/c1-5-9-13-17-21-25-29-33-37-38-39-40-44-48-52-56-60-64-68-72-85(90)102-81(76-96-83(88)70-66-62-58-54-50-46-42-35-31-27-23-19-15-11-7-3)78-100-104(93,94)98-74-79(86)73-97-103(91,92)99-77-80(101-84(89)71-67-63-59-55-51-47-43-36-32-28-24-20-16-12-8-4)75-95-82(87)69-65-61-57-53-49-45-41-34-30-26-22-18-14-10-6-2/h9,13,21,25-26,30,33,37,39-40,48,52,60,64,79-81,86H,5-8,10-12,14-20,22-24,27-29,31-32,34-36,38,41-47,49-51,53-59,61-63,65-78H2,1-4H3,(H,91,92)(H,93,94)/b13-9-,25-21-,30-26-,37-33-,40-39-,52-48-,64-60-/t79-,80-,81-/m1/s1. The number of rotatable bonds is 79. The van der Waals surface area contributed by atoms with Crippen molar-refractivity contribution in [3.05, 3.63) is 85.1 Å². The van der Waals surface area contributed by atoms with Crippen molar-refractivity contribution in [2.45, 2.75) is 393 Å². The fourth-order valence-electron chi connectivity index (χ4n) is 11.5. The number of aliphatic hydroxyl groups excluding tert-OH is 1. The minimum Gasteiger partial charge on any atom is -0.462 e. The molecule has 0 aliphatic carbocycles. The minimum absolute atomic E-state index is 0.0268. The van der Waals surface area contributed by atoms with Crippen molar-refractivity contribution in [3.63, 3.8) is 0 Å². The summed E-state index contributed by atoms with van der Waals surface area (Å²) in [4.78, 5) is 73.1. The van der Waals surface area contributed by atoms with Crippen molar-refractivity contribution in [1.82, 2.24) is 0 Å². The second-order valence-electron chi connectivity index (χ2n) is 28.1. The molecule has 0 heterocycles. The van der Waals surface area contributed by atoms with E-state index < -0.39 is 97.5 Å². The zero-order chi connectivity index (χ0) is 76.0. The van der Waals surface area contributed by atoms with Crippen LogP contribution >= 0.6 is 15.6 Å². The molecule has 0 saturated heterocycles. The van der Waals surface area contributed by atoms with E-state index >= 15 is 0 Å². The molecule has 2 unspecified atom stereocenters. The Kier molecular flexibility index (Phi) is 74.6.